The number of hydrogen-bond acceptors (Lipinski definition) is 3. The van der Waals surface area contributed by atoms with Crippen LogP contribution in [0.2, 0.25) is 0 Å². The Morgan fingerprint density at radius 3 is 2.72 bits per heavy atom. The van der Waals surface area contributed by atoms with Crippen molar-refractivity contribution < 1.29 is 14.7 Å². The van der Waals surface area contributed by atoms with Crippen LogP contribution in [0.4, 0.5) is 0 Å². The molecule has 0 aromatic heterocycles. The van der Waals surface area contributed by atoms with Gasteiger partial charge in [-0.3, -0.25) is 14.5 Å². The van der Waals surface area contributed by atoms with Gasteiger partial charge in [0.05, 0.1) is 6.04 Å². The highest BCUT2D eigenvalue weighted by atomic mass is 16.4. The highest BCUT2D eigenvalue weighted by Gasteiger charge is 2.40. The second-order valence-electron chi connectivity index (χ2n) is 5.11. The number of amides is 1. The van der Waals surface area contributed by atoms with Gasteiger partial charge in [0.15, 0.2) is 0 Å². The largest absolute Gasteiger partial charge is 0.480 e. The summed E-state index contributed by atoms with van der Waals surface area (Å²) in [5.74, 6) is -0.787. The highest BCUT2D eigenvalue weighted by Crippen LogP contribution is 2.26. The Morgan fingerprint density at radius 1 is 1.50 bits per heavy atom. The fourth-order valence-corrected chi connectivity index (χ4v) is 2.48. The smallest absolute Gasteiger partial charge is 0.321 e. The van der Waals surface area contributed by atoms with E-state index in [4.69, 9.17) is 0 Å². The molecule has 0 bridgehead atoms. The van der Waals surface area contributed by atoms with Gasteiger partial charge in [-0.1, -0.05) is 20.3 Å². The molecule has 18 heavy (non-hydrogen) atoms. The van der Waals surface area contributed by atoms with Crippen LogP contribution in [0, 0.1) is 5.92 Å². The second-order valence-corrected chi connectivity index (χ2v) is 5.11. The molecule has 0 aromatic rings. The number of aliphatic carboxylic acids is 1. The molecular weight excluding hydrogens is 232 g/mol. The van der Waals surface area contributed by atoms with E-state index in [1.165, 1.54) is 0 Å². The van der Waals surface area contributed by atoms with Crippen molar-refractivity contribution in [3.63, 3.8) is 0 Å². The molecule has 0 saturated carbocycles. The lowest BCUT2D eigenvalue weighted by Gasteiger charge is -2.28. The van der Waals surface area contributed by atoms with Gasteiger partial charge in [-0.2, -0.15) is 0 Å². The highest BCUT2D eigenvalue weighted by molar-refractivity contribution is 5.83. The number of carboxylic acids is 1. The van der Waals surface area contributed by atoms with Crippen LogP contribution in [0.5, 0.6) is 0 Å². The van der Waals surface area contributed by atoms with Gasteiger partial charge in [0.2, 0.25) is 5.91 Å². The van der Waals surface area contributed by atoms with Gasteiger partial charge in [-0.05, 0) is 25.7 Å². The normalized spacial score (nSPS) is 25.9. The average Bonchev–Trinajstić information content (AvgIpc) is 2.70. The van der Waals surface area contributed by atoms with Gasteiger partial charge >= 0.3 is 5.97 Å². The lowest BCUT2D eigenvalue weighted by atomic mass is 10.0. The minimum Gasteiger partial charge on any atom is -0.480 e. The molecule has 3 unspecified atom stereocenters. The van der Waals surface area contributed by atoms with Gasteiger partial charge < -0.3 is 10.4 Å². The maximum absolute atomic E-state index is 11.9. The molecule has 0 aromatic carbocycles. The molecule has 1 aliphatic rings. The van der Waals surface area contributed by atoms with Crippen molar-refractivity contribution in [2.24, 2.45) is 5.92 Å². The third-order valence-electron chi connectivity index (χ3n) is 3.70. The summed E-state index contributed by atoms with van der Waals surface area (Å²) in [6, 6.07) is -0.898. The number of carboxylic acid groups (broad SMARTS) is 1. The molecule has 0 aliphatic carbocycles. The van der Waals surface area contributed by atoms with Crippen molar-refractivity contribution in [2.45, 2.75) is 52.1 Å². The second kappa shape index (κ2) is 6.73. The summed E-state index contributed by atoms with van der Waals surface area (Å²) < 4.78 is 0. The minimum absolute atomic E-state index is 0.0659. The first kappa shape index (κ1) is 15.0. The molecule has 1 aliphatic heterocycles. The topological polar surface area (TPSA) is 69.6 Å². The van der Waals surface area contributed by atoms with E-state index in [0.717, 1.165) is 19.3 Å². The number of unbranched alkanes of at least 4 members (excludes halogenated alkanes) is 1. The number of nitrogens with zero attached hydrogens (tertiary/aromatic N) is 1. The number of nitrogens with one attached hydrogen (secondary N) is 1. The molecule has 1 saturated heterocycles. The molecule has 0 radical (unpaired) electrons. The Bertz CT molecular complexity index is 307. The van der Waals surface area contributed by atoms with E-state index >= 15 is 0 Å². The first-order valence-corrected chi connectivity index (χ1v) is 6.75. The lowest BCUT2D eigenvalue weighted by Crippen LogP contribution is -2.50. The Labute approximate surface area is 109 Å². The molecule has 2 N–H and O–H groups in total. The molecular formula is C13H24N2O3. The fourth-order valence-electron chi connectivity index (χ4n) is 2.48. The van der Waals surface area contributed by atoms with Crippen LogP contribution in [0.1, 0.15) is 40.0 Å². The summed E-state index contributed by atoms with van der Waals surface area (Å²) in [6.07, 6.45) is 2.83. The van der Waals surface area contributed by atoms with E-state index in [2.05, 4.69) is 12.2 Å². The zero-order chi connectivity index (χ0) is 13.7. The molecule has 0 spiro atoms. The summed E-state index contributed by atoms with van der Waals surface area (Å²) >= 11 is 0. The number of hydrogen-bond donors (Lipinski definition) is 2. The van der Waals surface area contributed by atoms with Crippen molar-refractivity contribution in [1.29, 1.82) is 0 Å². The first-order valence-electron chi connectivity index (χ1n) is 6.75. The predicted octanol–water partition coefficient (Wildman–Crippen LogP) is 1.09. The molecule has 5 heteroatoms. The van der Waals surface area contributed by atoms with E-state index in [1.54, 1.807) is 11.8 Å². The molecule has 1 fully saturated rings. The van der Waals surface area contributed by atoms with Crippen molar-refractivity contribution in [1.82, 2.24) is 10.2 Å². The van der Waals surface area contributed by atoms with Gasteiger partial charge in [0.1, 0.15) is 6.04 Å². The average molecular weight is 256 g/mol. The fraction of sp³-hybridized carbons (Fsp3) is 0.846. The van der Waals surface area contributed by atoms with Crippen LogP contribution < -0.4 is 5.32 Å². The first-order chi connectivity index (χ1) is 8.49. The molecule has 5 nitrogen and oxygen atoms in total. The van der Waals surface area contributed by atoms with E-state index in [-0.39, 0.29) is 17.9 Å². The van der Waals surface area contributed by atoms with Crippen LogP contribution in [0.15, 0.2) is 0 Å². The summed E-state index contributed by atoms with van der Waals surface area (Å²) in [6.45, 7) is 7.13. The number of likely N-dealkylation sites (tertiary alicyclic amines) is 1. The number of carbonyl (C=O) groups is 2. The van der Waals surface area contributed by atoms with Crippen LogP contribution in [0.25, 0.3) is 0 Å². The van der Waals surface area contributed by atoms with Crippen LogP contribution in [0.3, 0.4) is 0 Å². The lowest BCUT2D eigenvalue weighted by molar-refractivity contribution is -0.145. The Kier molecular flexibility index (Phi) is 5.59. The van der Waals surface area contributed by atoms with Gasteiger partial charge in [0.25, 0.3) is 0 Å². The molecule has 3 atom stereocenters. The standard InChI is InChI=1S/C13H24N2O3/c1-4-5-7-14-12(16)10(3)15-8-6-9(2)11(15)13(17)18/h9-11H,4-8H2,1-3H3,(H,14,16)(H,17,18). The zero-order valence-electron chi connectivity index (χ0n) is 11.5. The van der Waals surface area contributed by atoms with Crippen molar-refractivity contribution >= 4 is 11.9 Å². The summed E-state index contributed by atoms with van der Waals surface area (Å²) in [7, 11) is 0. The SMILES string of the molecule is CCCCNC(=O)C(C)N1CCC(C)C1C(=O)O. The van der Waals surface area contributed by atoms with E-state index in [9.17, 15) is 14.7 Å². The minimum atomic E-state index is -0.826. The molecule has 1 amide bonds. The molecule has 104 valence electrons. The van der Waals surface area contributed by atoms with Gasteiger partial charge in [0, 0.05) is 13.1 Å². The monoisotopic (exact) mass is 256 g/mol. The third-order valence-corrected chi connectivity index (χ3v) is 3.70. The van der Waals surface area contributed by atoms with E-state index in [1.807, 2.05) is 6.92 Å². The Balaban J connectivity index is 2.57. The summed E-state index contributed by atoms with van der Waals surface area (Å²) in [5, 5.41) is 12.1. The van der Waals surface area contributed by atoms with Gasteiger partial charge in [-0.25, -0.2) is 0 Å². The Hall–Kier alpha value is -1.10. The van der Waals surface area contributed by atoms with Crippen molar-refractivity contribution in [2.75, 3.05) is 13.1 Å². The number of carbonyl (C=O) groups excluding carboxylic acids is 1. The summed E-state index contributed by atoms with van der Waals surface area (Å²) in [5.41, 5.74) is 0. The predicted molar refractivity (Wildman–Crippen MR) is 69.3 cm³/mol. The molecule has 1 heterocycles. The van der Waals surface area contributed by atoms with E-state index in [0.29, 0.717) is 13.1 Å². The van der Waals surface area contributed by atoms with Crippen LogP contribution in [-0.4, -0.2) is 47.1 Å². The van der Waals surface area contributed by atoms with Crippen LogP contribution >= 0.6 is 0 Å². The maximum Gasteiger partial charge on any atom is 0.321 e. The number of rotatable bonds is 6. The zero-order valence-corrected chi connectivity index (χ0v) is 11.5. The quantitative estimate of drug-likeness (QED) is 0.698. The van der Waals surface area contributed by atoms with Gasteiger partial charge in [-0.15, -0.1) is 0 Å². The Morgan fingerprint density at radius 2 is 2.17 bits per heavy atom. The third kappa shape index (κ3) is 3.45. The maximum atomic E-state index is 11.9. The van der Waals surface area contributed by atoms with Crippen LogP contribution in [-0.2, 0) is 9.59 Å². The van der Waals surface area contributed by atoms with Crippen molar-refractivity contribution in [3.8, 4) is 0 Å². The van der Waals surface area contributed by atoms with Crippen molar-refractivity contribution in [3.05, 3.63) is 0 Å². The summed E-state index contributed by atoms with van der Waals surface area (Å²) in [4.78, 5) is 25.0. The molecule has 1 rings (SSSR count). The van der Waals surface area contributed by atoms with E-state index < -0.39 is 12.0 Å².